The van der Waals surface area contributed by atoms with Crippen molar-refractivity contribution in [1.82, 2.24) is 0 Å². The van der Waals surface area contributed by atoms with E-state index in [1.807, 2.05) is 0 Å². The van der Waals surface area contributed by atoms with Gasteiger partial charge in [0.25, 0.3) is 0 Å². The average molecular weight is 297 g/mol. The van der Waals surface area contributed by atoms with Crippen molar-refractivity contribution in [2.45, 2.75) is 18.4 Å². The van der Waals surface area contributed by atoms with Crippen molar-refractivity contribution < 1.29 is 45.8 Å². The van der Waals surface area contributed by atoms with Gasteiger partial charge in [-0.15, -0.1) is 0 Å². The summed E-state index contributed by atoms with van der Waals surface area (Å²) in [5, 5.41) is 33.8. The van der Waals surface area contributed by atoms with Crippen LogP contribution in [-0.4, -0.2) is 144 Å². The third kappa shape index (κ3) is 15.3. The molecule has 0 aromatic rings. The largest absolute Gasteiger partial charge is 0.481 e. The first-order valence-corrected chi connectivity index (χ1v) is 3.17. The molecule has 0 atom stereocenters. The summed E-state index contributed by atoms with van der Waals surface area (Å²) in [6.07, 6.45) is -2.29. The van der Waals surface area contributed by atoms with E-state index in [1.165, 1.54) is 0 Å². The molecule has 0 amide bonds. The zero-order chi connectivity index (χ0) is 10.6. The van der Waals surface area contributed by atoms with Crippen molar-refractivity contribution in [3.8, 4) is 0 Å². The van der Waals surface area contributed by atoms with Crippen LogP contribution >= 0.6 is 0 Å². The fourth-order valence-electron chi connectivity index (χ4n) is 0.714. The van der Waals surface area contributed by atoms with Gasteiger partial charge in [0, 0.05) is 88.7 Å². The van der Waals surface area contributed by atoms with Gasteiger partial charge in [-0.1, -0.05) is 0 Å². The second-order valence-electron chi connectivity index (χ2n) is 2.48. The first kappa shape index (κ1) is 36.5. The normalized spacial score (nSPS) is 7.83. The Labute approximate surface area is 168 Å². The second-order valence-corrected chi connectivity index (χ2v) is 2.48. The molecule has 0 rings (SSSR count). The van der Waals surface area contributed by atoms with Gasteiger partial charge in [-0.05, 0) is 0 Å². The number of aliphatic carboxylic acids is 3. The van der Waals surface area contributed by atoms with E-state index in [0.29, 0.717) is 0 Å². The Hall–Kier alpha value is 1.29. The number of hydrogen-bond acceptors (Lipinski definition) is 4. The molecule has 0 bridgehead atoms. The Kier molecular flexibility index (Phi) is 33.2. The molecular formula is C6H12Na3O9. The Balaban J connectivity index is -0.0000000720. The first-order valence-electron chi connectivity index (χ1n) is 3.17. The standard InChI is InChI=1S/C6H8O7.3Na.2H2O/c7-3(8)1-6(13,5(11)12)2-4(9)10;;;;;/h13H,1-2H2,(H,7,8)(H,9,10)(H,11,12);;;;2*1H2. The van der Waals surface area contributed by atoms with Crippen LogP contribution in [0.2, 0.25) is 0 Å². The van der Waals surface area contributed by atoms with Crippen LogP contribution in [-0.2, 0) is 14.4 Å². The van der Waals surface area contributed by atoms with Gasteiger partial charge in [0.05, 0.1) is 12.8 Å². The zero-order valence-corrected chi connectivity index (χ0v) is 16.4. The minimum Gasteiger partial charge on any atom is -0.481 e. The predicted molar refractivity (Wildman–Crippen MR) is 61.6 cm³/mol. The number of carboxylic acids is 3. The van der Waals surface area contributed by atoms with Crippen LogP contribution < -0.4 is 0 Å². The summed E-state index contributed by atoms with van der Waals surface area (Å²) in [7, 11) is 0. The third-order valence-corrected chi connectivity index (χ3v) is 1.29. The van der Waals surface area contributed by atoms with Crippen LogP contribution in [0.1, 0.15) is 12.8 Å². The second kappa shape index (κ2) is 16.3. The van der Waals surface area contributed by atoms with E-state index in [0.717, 1.165) is 0 Å². The molecule has 18 heavy (non-hydrogen) atoms. The molecule has 93 valence electrons. The maximum Gasteiger partial charge on any atom is 0.336 e. The molecule has 12 heteroatoms. The van der Waals surface area contributed by atoms with Gasteiger partial charge >= 0.3 is 17.9 Å². The Morgan fingerprint density at radius 3 is 1.11 bits per heavy atom. The summed E-state index contributed by atoms with van der Waals surface area (Å²) >= 11 is 0. The Morgan fingerprint density at radius 2 is 1.00 bits per heavy atom. The van der Waals surface area contributed by atoms with Crippen LogP contribution in [0.4, 0.5) is 0 Å². The Morgan fingerprint density at radius 1 is 0.778 bits per heavy atom. The summed E-state index contributed by atoms with van der Waals surface area (Å²) in [5.41, 5.74) is -2.74. The van der Waals surface area contributed by atoms with Gasteiger partial charge in [0.15, 0.2) is 5.60 Å². The van der Waals surface area contributed by atoms with E-state index in [4.69, 9.17) is 20.4 Å². The van der Waals surface area contributed by atoms with Gasteiger partial charge < -0.3 is 31.4 Å². The Bertz CT molecular complexity index is 241. The van der Waals surface area contributed by atoms with E-state index in [2.05, 4.69) is 0 Å². The molecule has 0 heterocycles. The van der Waals surface area contributed by atoms with Crippen molar-refractivity contribution in [3.63, 3.8) is 0 Å². The van der Waals surface area contributed by atoms with Crippen molar-refractivity contribution in [3.05, 3.63) is 0 Å². The molecule has 0 fully saturated rings. The SMILES string of the molecule is O.O.O=C(O)CC(O)(CC(=O)O)C(=O)O.[Na].[Na].[Na]. The summed E-state index contributed by atoms with van der Waals surface area (Å²) in [4.78, 5) is 30.5. The minimum atomic E-state index is -2.74. The van der Waals surface area contributed by atoms with E-state index >= 15 is 0 Å². The molecule has 0 aliphatic heterocycles. The molecule has 0 unspecified atom stereocenters. The molecular weight excluding hydrogens is 285 g/mol. The van der Waals surface area contributed by atoms with Gasteiger partial charge in [0.1, 0.15) is 0 Å². The van der Waals surface area contributed by atoms with E-state index in [9.17, 15) is 14.4 Å². The molecule has 8 N–H and O–H groups in total. The van der Waals surface area contributed by atoms with Crippen LogP contribution in [0.25, 0.3) is 0 Å². The van der Waals surface area contributed by atoms with E-state index < -0.39 is 36.4 Å². The van der Waals surface area contributed by atoms with Gasteiger partial charge in [-0.25, -0.2) is 4.79 Å². The van der Waals surface area contributed by atoms with Crippen molar-refractivity contribution >= 4 is 107 Å². The van der Waals surface area contributed by atoms with Crippen LogP contribution in [0.5, 0.6) is 0 Å². The molecule has 0 aliphatic carbocycles. The molecule has 0 aromatic carbocycles. The molecule has 0 aromatic heterocycles. The summed E-state index contributed by atoms with van der Waals surface area (Å²) < 4.78 is 0. The topological polar surface area (TPSA) is 195 Å². The number of carboxylic acid groups (broad SMARTS) is 3. The van der Waals surface area contributed by atoms with Crippen LogP contribution in [0, 0.1) is 0 Å². The summed E-state index contributed by atoms with van der Waals surface area (Å²) in [5.74, 6) is -5.02. The average Bonchev–Trinajstić information content (AvgIpc) is 1.82. The fraction of sp³-hybridized carbons (Fsp3) is 0.500. The zero-order valence-electron chi connectivity index (χ0n) is 10.4. The van der Waals surface area contributed by atoms with Crippen molar-refractivity contribution in [1.29, 1.82) is 0 Å². The van der Waals surface area contributed by atoms with E-state index in [1.54, 1.807) is 0 Å². The number of hydrogen-bond donors (Lipinski definition) is 4. The van der Waals surface area contributed by atoms with Crippen molar-refractivity contribution in [2.75, 3.05) is 0 Å². The smallest absolute Gasteiger partial charge is 0.336 e. The number of aliphatic hydroxyl groups is 1. The summed E-state index contributed by atoms with van der Waals surface area (Å²) in [6, 6.07) is 0. The minimum absolute atomic E-state index is 0. The molecule has 0 saturated heterocycles. The third-order valence-electron chi connectivity index (χ3n) is 1.29. The van der Waals surface area contributed by atoms with Crippen molar-refractivity contribution in [2.24, 2.45) is 0 Å². The van der Waals surface area contributed by atoms with E-state index in [-0.39, 0.29) is 99.6 Å². The molecule has 9 nitrogen and oxygen atoms in total. The predicted octanol–water partition coefficient (Wildman–Crippen LogP) is -4.04. The molecule has 0 saturated carbocycles. The molecule has 0 aliphatic rings. The molecule has 0 spiro atoms. The van der Waals surface area contributed by atoms with Gasteiger partial charge in [0.2, 0.25) is 0 Å². The summed E-state index contributed by atoms with van der Waals surface area (Å²) in [6.45, 7) is 0. The molecule has 3 radical (unpaired) electrons. The number of rotatable bonds is 5. The van der Waals surface area contributed by atoms with Gasteiger partial charge in [-0.3, -0.25) is 9.59 Å². The monoisotopic (exact) mass is 297 g/mol. The van der Waals surface area contributed by atoms with Gasteiger partial charge in [-0.2, -0.15) is 0 Å². The first-order chi connectivity index (χ1) is 5.78. The quantitative estimate of drug-likeness (QED) is 0.370. The maximum absolute atomic E-state index is 10.3. The maximum atomic E-state index is 10.3. The number of carbonyl (C=O) groups is 3. The van der Waals surface area contributed by atoms with Crippen LogP contribution in [0.3, 0.4) is 0 Å². The fourth-order valence-corrected chi connectivity index (χ4v) is 0.714. The van der Waals surface area contributed by atoms with Crippen LogP contribution in [0.15, 0.2) is 0 Å².